The fourth-order valence-electron chi connectivity index (χ4n) is 2.75. The zero-order valence-electron chi connectivity index (χ0n) is 14.3. The molecule has 0 atom stereocenters. The summed E-state index contributed by atoms with van der Waals surface area (Å²) in [5.74, 6) is 0.594. The molecule has 0 spiro atoms. The van der Waals surface area contributed by atoms with Gasteiger partial charge in [-0.25, -0.2) is 4.98 Å². The Labute approximate surface area is 140 Å². The highest BCUT2D eigenvalue weighted by atomic mass is 19.4. The lowest BCUT2D eigenvalue weighted by Gasteiger charge is -2.33. The minimum absolute atomic E-state index is 0.0467. The standard InChI is InChI=1S/C17H24F3N3O/c1-16(2,3)10-15(24)22-13-6-8-23(9-7-13)14-5-4-12(11-21-14)17(18,19)20/h4-5,11,13H,6-10H2,1-3H3,(H,22,24). The highest BCUT2D eigenvalue weighted by Gasteiger charge is 2.31. The van der Waals surface area contributed by atoms with Crippen molar-refractivity contribution in [2.75, 3.05) is 18.0 Å². The minimum Gasteiger partial charge on any atom is -0.356 e. The predicted octanol–water partition coefficient (Wildman–Crippen LogP) is 3.62. The predicted molar refractivity (Wildman–Crippen MR) is 86.7 cm³/mol. The number of hydrogen-bond donors (Lipinski definition) is 1. The number of rotatable bonds is 3. The average molecular weight is 343 g/mol. The fourth-order valence-corrected chi connectivity index (χ4v) is 2.75. The smallest absolute Gasteiger partial charge is 0.356 e. The number of halogens is 3. The molecule has 0 aliphatic carbocycles. The van der Waals surface area contributed by atoms with Crippen LogP contribution in [0.25, 0.3) is 0 Å². The first-order valence-corrected chi connectivity index (χ1v) is 8.12. The zero-order chi connectivity index (χ0) is 18.0. The van der Waals surface area contributed by atoms with Crippen molar-refractivity contribution in [2.24, 2.45) is 5.41 Å². The Bertz CT molecular complexity index is 556. The van der Waals surface area contributed by atoms with Crippen LogP contribution < -0.4 is 10.2 Å². The Kier molecular flexibility index (Phi) is 5.40. The number of carbonyl (C=O) groups is 1. The third kappa shape index (κ3) is 5.39. The largest absolute Gasteiger partial charge is 0.417 e. The summed E-state index contributed by atoms with van der Waals surface area (Å²) >= 11 is 0. The van der Waals surface area contributed by atoms with E-state index in [1.54, 1.807) is 0 Å². The average Bonchev–Trinajstić information content (AvgIpc) is 2.45. The lowest BCUT2D eigenvalue weighted by molar-refractivity contribution is -0.137. The highest BCUT2D eigenvalue weighted by molar-refractivity contribution is 5.76. The van der Waals surface area contributed by atoms with E-state index in [9.17, 15) is 18.0 Å². The topological polar surface area (TPSA) is 45.2 Å². The number of carbonyl (C=O) groups excluding carboxylic acids is 1. The number of nitrogens with zero attached hydrogens (tertiary/aromatic N) is 2. The molecule has 1 amide bonds. The van der Waals surface area contributed by atoms with E-state index in [1.807, 2.05) is 25.7 Å². The van der Waals surface area contributed by atoms with Crippen molar-refractivity contribution >= 4 is 11.7 Å². The van der Waals surface area contributed by atoms with Crippen LogP contribution in [0.15, 0.2) is 18.3 Å². The van der Waals surface area contributed by atoms with Crippen molar-refractivity contribution in [3.63, 3.8) is 0 Å². The summed E-state index contributed by atoms with van der Waals surface area (Å²) in [7, 11) is 0. The van der Waals surface area contributed by atoms with E-state index in [0.717, 1.165) is 25.1 Å². The monoisotopic (exact) mass is 343 g/mol. The van der Waals surface area contributed by atoms with Crippen molar-refractivity contribution in [2.45, 2.75) is 52.3 Å². The summed E-state index contributed by atoms with van der Waals surface area (Å²) in [4.78, 5) is 17.8. The van der Waals surface area contributed by atoms with Crippen molar-refractivity contribution < 1.29 is 18.0 Å². The number of anilines is 1. The molecular formula is C17H24F3N3O. The summed E-state index contributed by atoms with van der Waals surface area (Å²) < 4.78 is 37.7. The van der Waals surface area contributed by atoms with Crippen LogP contribution in [0, 0.1) is 5.41 Å². The van der Waals surface area contributed by atoms with Gasteiger partial charge in [-0.2, -0.15) is 13.2 Å². The molecule has 1 saturated heterocycles. The molecule has 1 aliphatic rings. The molecule has 1 N–H and O–H groups in total. The van der Waals surface area contributed by atoms with Gasteiger partial charge in [0.15, 0.2) is 0 Å². The van der Waals surface area contributed by atoms with Gasteiger partial charge in [-0.3, -0.25) is 4.79 Å². The van der Waals surface area contributed by atoms with Crippen molar-refractivity contribution in [3.8, 4) is 0 Å². The van der Waals surface area contributed by atoms with E-state index in [1.165, 1.54) is 6.07 Å². The molecule has 0 radical (unpaired) electrons. The molecule has 1 fully saturated rings. The fraction of sp³-hybridized carbons (Fsp3) is 0.647. The molecule has 4 nitrogen and oxygen atoms in total. The number of alkyl halides is 3. The lowest BCUT2D eigenvalue weighted by atomic mass is 9.91. The third-order valence-corrected chi connectivity index (χ3v) is 3.95. The Hall–Kier alpha value is -1.79. The molecule has 2 rings (SSSR count). The molecule has 0 saturated carbocycles. The maximum atomic E-state index is 12.6. The van der Waals surface area contributed by atoms with E-state index < -0.39 is 11.7 Å². The normalized spacial score (nSPS) is 17.0. The molecule has 0 aromatic carbocycles. The Morgan fingerprint density at radius 2 is 1.88 bits per heavy atom. The zero-order valence-corrected chi connectivity index (χ0v) is 14.3. The van der Waals surface area contributed by atoms with E-state index in [0.29, 0.717) is 25.3 Å². The second-order valence-electron chi connectivity index (χ2n) is 7.47. The van der Waals surface area contributed by atoms with Crippen LogP contribution in [0.4, 0.5) is 19.0 Å². The molecule has 24 heavy (non-hydrogen) atoms. The van der Waals surface area contributed by atoms with E-state index in [4.69, 9.17) is 0 Å². The molecule has 0 bridgehead atoms. The van der Waals surface area contributed by atoms with Gasteiger partial charge in [0, 0.05) is 31.7 Å². The first-order chi connectivity index (χ1) is 11.0. The molecule has 134 valence electrons. The summed E-state index contributed by atoms with van der Waals surface area (Å²) in [5, 5.41) is 3.04. The Morgan fingerprint density at radius 1 is 1.25 bits per heavy atom. The van der Waals surface area contributed by atoms with Crippen LogP contribution >= 0.6 is 0 Å². The highest BCUT2D eigenvalue weighted by Crippen LogP contribution is 2.29. The van der Waals surface area contributed by atoms with Gasteiger partial charge in [-0.05, 0) is 30.4 Å². The molecule has 7 heteroatoms. The first kappa shape index (κ1) is 18.5. The second kappa shape index (κ2) is 6.99. The maximum absolute atomic E-state index is 12.6. The van der Waals surface area contributed by atoms with Gasteiger partial charge in [0.1, 0.15) is 5.82 Å². The van der Waals surface area contributed by atoms with E-state index in [-0.39, 0.29) is 17.4 Å². The van der Waals surface area contributed by atoms with E-state index >= 15 is 0 Å². The summed E-state index contributed by atoms with van der Waals surface area (Å²) in [5.41, 5.74) is -0.787. The summed E-state index contributed by atoms with van der Waals surface area (Å²) in [6, 6.07) is 2.58. The van der Waals surface area contributed by atoms with Crippen LogP contribution in [0.5, 0.6) is 0 Å². The maximum Gasteiger partial charge on any atom is 0.417 e. The molecule has 1 aliphatic heterocycles. The third-order valence-electron chi connectivity index (χ3n) is 3.95. The van der Waals surface area contributed by atoms with E-state index in [2.05, 4.69) is 10.3 Å². The minimum atomic E-state index is -4.37. The quantitative estimate of drug-likeness (QED) is 0.912. The van der Waals surface area contributed by atoms with Crippen molar-refractivity contribution in [1.29, 1.82) is 0 Å². The Morgan fingerprint density at radius 3 is 2.33 bits per heavy atom. The summed E-state index contributed by atoms with van der Waals surface area (Å²) in [6.07, 6.45) is -1.49. The number of amides is 1. The van der Waals surface area contributed by atoms with Gasteiger partial charge in [0.05, 0.1) is 5.56 Å². The number of hydrogen-bond acceptors (Lipinski definition) is 3. The van der Waals surface area contributed by atoms with Crippen molar-refractivity contribution in [1.82, 2.24) is 10.3 Å². The molecular weight excluding hydrogens is 319 g/mol. The summed E-state index contributed by atoms with van der Waals surface area (Å²) in [6.45, 7) is 7.39. The van der Waals surface area contributed by atoms with Gasteiger partial charge >= 0.3 is 6.18 Å². The van der Waals surface area contributed by atoms with Gasteiger partial charge in [0.25, 0.3) is 0 Å². The van der Waals surface area contributed by atoms with Gasteiger partial charge < -0.3 is 10.2 Å². The van der Waals surface area contributed by atoms with Crippen LogP contribution in [0.2, 0.25) is 0 Å². The molecule has 2 heterocycles. The second-order valence-corrected chi connectivity index (χ2v) is 7.47. The SMILES string of the molecule is CC(C)(C)CC(=O)NC1CCN(c2ccc(C(F)(F)F)cn2)CC1. The van der Waals surface area contributed by atoms with Crippen LogP contribution in [-0.4, -0.2) is 30.0 Å². The van der Waals surface area contributed by atoms with Gasteiger partial charge in [-0.15, -0.1) is 0 Å². The lowest BCUT2D eigenvalue weighted by Crippen LogP contribution is -2.45. The number of aromatic nitrogens is 1. The number of pyridine rings is 1. The molecule has 1 aromatic heterocycles. The van der Waals surface area contributed by atoms with Crippen LogP contribution in [0.1, 0.15) is 45.6 Å². The van der Waals surface area contributed by atoms with Gasteiger partial charge in [-0.1, -0.05) is 20.8 Å². The van der Waals surface area contributed by atoms with Gasteiger partial charge in [0.2, 0.25) is 5.91 Å². The van der Waals surface area contributed by atoms with Crippen LogP contribution in [-0.2, 0) is 11.0 Å². The van der Waals surface area contributed by atoms with Crippen LogP contribution in [0.3, 0.4) is 0 Å². The first-order valence-electron chi connectivity index (χ1n) is 8.12. The number of piperidine rings is 1. The molecule has 1 aromatic rings. The van der Waals surface area contributed by atoms with Crippen molar-refractivity contribution in [3.05, 3.63) is 23.9 Å². The molecule has 0 unspecified atom stereocenters. The Balaban J connectivity index is 1.85. The number of nitrogens with one attached hydrogen (secondary N) is 1.